The summed E-state index contributed by atoms with van der Waals surface area (Å²) in [5, 5.41) is 0. The van der Waals surface area contributed by atoms with Gasteiger partial charge in [-0.3, -0.25) is 4.99 Å². The SMILES string of the molecule is CN=C(CCCCCl)c1ccccc1. The van der Waals surface area contributed by atoms with Crippen molar-refractivity contribution in [3.63, 3.8) is 0 Å². The van der Waals surface area contributed by atoms with E-state index in [1.165, 1.54) is 11.3 Å². The van der Waals surface area contributed by atoms with E-state index in [0.29, 0.717) is 0 Å². The number of halogens is 1. The van der Waals surface area contributed by atoms with Gasteiger partial charge in [0.05, 0.1) is 0 Å². The summed E-state index contributed by atoms with van der Waals surface area (Å²) in [7, 11) is 1.85. The summed E-state index contributed by atoms with van der Waals surface area (Å²) in [6, 6.07) is 10.3. The Kier molecular flexibility index (Phi) is 5.31. The molecule has 0 fully saturated rings. The molecule has 0 radical (unpaired) electrons. The van der Waals surface area contributed by atoms with Crippen molar-refractivity contribution in [1.29, 1.82) is 0 Å². The molecule has 0 N–H and O–H groups in total. The molecule has 1 aromatic rings. The van der Waals surface area contributed by atoms with Crippen LogP contribution < -0.4 is 0 Å². The second-order valence-corrected chi connectivity index (χ2v) is 3.56. The van der Waals surface area contributed by atoms with Crippen molar-refractivity contribution in [2.75, 3.05) is 12.9 Å². The highest BCUT2D eigenvalue weighted by Crippen LogP contribution is 2.08. The summed E-state index contributed by atoms with van der Waals surface area (Å²) in [6.07, 6.45) is 3.20. The van der Waals surface area contributed by atoms with Gasteiger partial charge in [0.15, 0.2) is 0 Å². The van der Waals surface area contributed by atoms with E-state index in [-0.39, 0.29) is 0 Å². The second kappa shape index (κ2) is 6.61. The minimum Gasteiger partial charge on any atom is -0.292 e. The quantitative estimate of drug-likeness (QED) is 0.400. The second-order valence-electron chi connectivity index (χ2n) is 3.18. The Morgan fingerprint density at radius 2 is 1.93 bits per heavy atom. The van der Waals surface area contributed by atoms with Crippen LogP contribution in [0.2, 0.25) is 0 Å². The number of unbranched alkanes of at least 4 members (excludes halogenated alkanes) is 1. The van der Waals surface area contributed by atoms with E-state index in [1.54, 1.807) is 0 Å². The number of rotatable bonds is 5. The Morgan fingerprint density at radius 1 is 1.21 bits per heavy atom. The standard InChI is InChI=1S/C12H16ClN/c1-14-12(9-5-6-10-13)11-7-3-2-4-8-11/h2-4,7-8H,5-6,9-10H2,1H3. The number of aliphatic imine (C=N–C) groups is 1. The summed E-state index contributed by atoms with van der Waals surface area (Å²) in [6.45, 7) is 0. The fourth-order valence-corrected chi connectivity index (χ4v) is 1.59. The summed E-state index contributed by atoms with van der Waals surface area (Å²) >= 11 is 5.63. The summed E-state index contributed by atoms with van der Waals surface area (Å²) in [4.78, 5) is 4.30. The normalized spacial score (nSPS) is 11.7. The van der Waals surface area contributed by atoms with E-state index in [4.69, 9.17) is 11.6 Å². The highest BCUT2D eigenvalue weighted by Gasteiger charge is 2.00. The van der Waals surface area contributed by atoms with Gasteiger partial charge >= 0.3 is 0 Å². The third-order valence-corrected chi connectivity index (χ3v) is 2.44. The lowest BCUT2D eigenvalue weighted by molar-refractivity contribution is 0.840. The van der Waals surface area contributed by atoms with Crippen LogP contribution in [0.25, 0.3) is 0 Å². The fraction of sp³-hybridized carbons (Fsp3) is 0.417. The van der Waals surface area contributed by atoms with Gasteiger partial charge in [-0.25, -0.2) is 0 Å². The van der Waals surface area contributed by atoms with Crippen molar-refractivity contribution in [3.05, 3.63) is 35.9 Å². The lowest BCUT2D eigenvalue weighted by Gasteiger charge is -2.04. The van der Waals surface area contributed by atoms with Gasteiger partial charge in [0, 0.05) is 18.6 Å². The molecule has 0 heterocycles. The average Bonchev–Trinajstić information content (AvgIpc) is 2.26. The molecule has 0 unspecified atom stereocenters. The lowest BCUT2D eigenvalue weighted by Crippen LogP contribution is -2.00. The van der Waals surface area contributed by atoms with Crippen molar-refractivity contribution in [2.45, 2.75) is 19.3 Å². The van der Waals surface area contributed by atoms with Gasteiger partial charge in [-0.1, -0.05) is 30.3 Å². The van der Waals surface area contributed by atoms with E-state index in [2.05, 4.69) is 17.1 Å². The number of benzene rings is 1. The smallest absolute Gasteiger partial charge is 0.0417 e. The molecule has 1 rings (SSSR count). The summed E-state index contributed by atoms with van der Waals surface area (Å²) < 4.78 is 0. The van der Waals surface area contributed by atoms with Crippen LogP contribution in [0, 0.1) is 0 Å². The molecule has 0 aliphatic rings. The first-order valence-corrected chi connectivity index (χ1v) is 5.49. The Balaban J connectivity index is 2.56. The first-order valence-electron chi connectivity index (χ1n) is 4.95. The van der Waals surface area contributed by atoms with Crippen LogP contribution in [0.4, 0.5) is 0 Å². The third-order valence-electron chi connectivity index (χ3n) is 2.17. The minimum atomic E-state index is 0.742. The van der Waals surface area contributed by atoms with E-state index in [0.717, 1.165) is 25.1 Å². The summed E-state index contributed by atoms with van der Waals surface area (Å²) in [5.74, 6) is 0.742. The van der Waals surface area contributed by atoms with Crippen molar-refractivity contribution < 1.29 is 0 Å². The maximum Gasteiger partial charge on any atom is 0.0417 e. The van der Waals surface area contributed by atoms with Gasteiger partial charge in [-0.2, -0.15) is 0 Å². The Labute approximate surface area is 90.8 Å². The van der Waals surface area contributed by atoms with Crippen LogP contribution in [0.5, 0.6) is 0 Å². The van der Waals surface area contributed by atoms with Gasteiger partial charge in [-0.15, -0.1) is 11.6 Å². The molecule has 0 bridgehead atoms. The van der Waals surface area contributed by atoms with Gasteiger partial charge in [-0.05, 0) is 24.8 Å². The molecule has 0 aromatic heterocycles. The van der Waals surface area contributed by atoms with E-state index in [1.807, 2.05) is 25.2 Å². The molecule has 0 aliphatic carbocycles. The molecule has 0 saturated carbocycles. The van der Waals surface area contributed by atoms with Gasteiger partial charge in [0.25, 0.3) is 0 Å². The van der Waals surface area contributed by atoms with Crippen LogP contribution in [0.3, 0.4) is 0 Å². The number of alkyl halides is 1. The molecule has 0 aliphatic heterocycles. The monoisotopic (exact) mass is 209 g/mol. The zero-order valence-electron chi connectivity index (χ0n) is 8.54. The third kappa shape index (κ3) is 3.51. The van der Waals surface area contributed by atoms with Gasteiger partial charge < -0.3 is 0 Å². The number of hydrogen-bond donors (Lipinski definition) is 0. The first-order chi connectivity index (χ1) is 6.88. The molecular formula is C12H16ClN. The maximum absolute atomic E-state index is 5.63. The van der Waals surface area contributed by atoms with Crippen LogP contribution in [-0.4, -0.2) is 18.6 Å². The van der Waals surface area contributed by atoms with Crippen LogP contribution in [0.15, 0.2) is 35.3 Å². The largest absolute Gasteiger partial charge is 0.292 e. The molecule has 0 spiro atoms. The van der Waals surface area contributed by atoms with Crippen LogP contribution >= 0.6 is 11.6 Å². The molecular weight excluding hydrogens is 194 g/mol. The Hall–Kier alpha value is -0.820. The highest BCUT2D eigenvalue weighted by atomic mass is 35.5. The van der Waals surface area contributed by atoms with Crippen LogP contribution in [-0.2, 0) is 0 Å². The number of hydrogen-bond acceptors (Lipinski definition) is 1. The molecule has 0 atom stereocenters. The average molecular weight is 210 g/mol. The van der Waals surface area contributed by atoms with Crippen molar-refractivity contribution in [1.82, 2.24) is 0 Å². The van der Waals surface area contributed by atoms with E-state index < -0.39 is 0 Å². The predicted octanol–water partition coefficient (Wildman–Crippen LogP) is 3.51. The number of nitrogens with zero attached hydrogens (tertiary/aromatic N) is 1. The molecule has 0 amide bonds. The first kappa shape index (κ1) is 11.3. The zero-order chi connectivity index (χ0) is 10.2. The van der Waals surface area contributed by atoms with E-state index >= 15 is 0 Å². The maximum atomic E-state index is 5.63. The molecule has 2 heteroatoms. The lowest BCUT2D eigenvalue weighted by atomic mass is 10.1. The Morgan fingerprint density at radius 3 is 2.50 bits per heavy atom. The zero-order valence-corrected chi connectivity index (χ0v) is 9.30. The van der Waals surface area contributed by atoms with Gasteiger partial charge in [0.1, 0.15) is 0 Å². The van der Waals surface area contributed by atoms with Crippen molar-refractivity contribution in [3.8, 4) is 0 Å². The topological polar surface area (TPSA) is 12.4 Å². The Bertz CT molecular complexity index is 280. The molecule has 0 saturated heterocycles. The molecule has 76 valence electrons. The minimum absolute atomic E-state index is 0.742. The predicted molar refractivity (Wildman–Crippen MR) is 63.5 cm³/mol. The molecule has 14 heavy (non-hydrogen) atoms. The van der Waals surface area contributed by atoms with Crippen molar-refractivity contribution in [2.24, 2.45) is 4.99 Å². The van der Waals surface area contributed by atoms with Crippen molar-refractivity contribution >= 4 is 17.3 Å². The van der Waals surface area contributed by atoms with Gasteiger partial charge in [0.2, 0.25) is 0 Å². The van der Waals surface area contributed by atoms with E-state index in [9.17, 15) is 0 Å². The van der Waals surface area contributed by atoms with Crippen LogP contribution in [0.1, 0.15) is 24.8 Å². The molecule has 1 aromatic carbocycles. The highest BCUT2D eigenvalue weighted by molar-refractivity contribution is 6.17. The fourth-order valence-electron chi connectivity index (χ4n) is 1.40. The summed E-state index contributed by atoms with van der Waals surface area (Å²) in [5.41, 5.74) is 2.40. The molecule has 1 nitrogen and oxygen atoms in total.